The van der Waals surface area contributed by atoms with Crippen molar-refractivity contribution < 1.29 is 4.42 Å². The minimum absolute atomic E-state index is 0.803. The second kappa shape index (κ2) is 5.19. The first kappa shape index (κ1) is 11.8. The summed E-state index contributed by atoms with van der Waals surface area (Å²) in [5, 5.41) is 2.57. The van der Waals surface area contributed by atoms with Crippen LogP contribution in [0.3, 0.4) is 0 Å². The summed E-state index contributed by atoms with van der Waals surface area (Å²) in [5.41, 5.74) is 1.26. The quantitative estimate of drug-likeness (QED) is 0.680. The Hall–Kier alpha value is -2.22. The van der Waals surface area contributed by atoms with Crippen molar-refractivity contribution in [1.82, 2.24) is 0 Å². The molecule has 0 aliphatic heterocycles. The first-order chi connectivity index (χ1) is 9.38. The summed E-state index contributed by atoms with van der Waals surface area (Å²) in [5.74, 6) is 0.995. The number of rotatable bonds is 4. The molecule has 19 heavy (non-hydrogen) atoms. The van der Waals surface area contributed by atoms with E-state index in [4.69, 9.17) is 4.42 Å². The fraction of sp³-hybridized carbons (Fsp3) is 0.176. The molecule has 0 amide bonds. The summed E-state index contributed by atoms with van der Waals surface area (Å²) < 4.78 is 5.46. The van der Waals surface area contributed by atoms with Crippen molar-refractivity contribution in [1.29, 1.82) is 0 Å². The third kappa shape index (κ3) is 2.34. The van der Waals surface area contributed by atoms with Gasteiger partial charge in [-0.2, -0.15) is 0 Å². The van der Waals surface area contributed by atoms with Crippen molar-refractivity contribution in [3.05, 3.63) is 66.6 Å². The minimum Gasteiger partial charge on any atom is -0.467 e. The van der Waals surface area contributed by atoms with E-state index in [1.807, 2.05) is 12.1 Å². The number of hydrogen-bond acceptors (Lipinski definition) is 2. The van der Waals surface area contributed by atoms with E-state index in [0.717, 1.165) is 18.8 Å². The van der Waals surface area contributed by atoms with Crippen LogP contribution in [-0.4, -0.2) is 6.54 Å². The van der Waals surface area contributed by atoms with Crippen LogP contribution in [-0.2, 0) is 6.54 Å². The van der Waals surface area contributed by atoms with Crippen LogP contribution in [0.15, 0.2) is 65.3 Å². The highest BCUT2D eigenvalue weighted by Crippen LogP contribution is 2.27. The molecule has 0 spiro atoms. The Morgan fingerprint density at radius 3 is 2.58 bits per heavy atom. The van der Waals surface area contributed by atoms with Gasteiger partial charge < -0.3 is 9.32 Å². The molecular weight excluding hydrogens is 234 g/mol. The third-order valence-electron chi connectivity index (χ3n) is 3.42. The van der Waals surface area contributed by atoms with Crippen LogP contribution >= 0.6 is 0 Å². The molecule has 0 atom stereocenters. The molecular formula is C17H17NO. The van der Waals surface area contributed by atoms with Crippen molar-refractivity contribution in [3.8, 4) is 0 Å². The van der Waals surface area contributed by atoms with E-state index in [1.165, 1.54) is 16.5 Å². The lowest BCUT2D eigenvalue weighted by molar-refractivity contribution is 0.504. The van der Waals surface area contributed by atoms with E-state index >= 15 is 0 Å². The second-order valence-corrected chi connectivity index (χ2v) is 4.59. The van der Waals surface area contributed by atoms with Crippen LogP contribution in [0.5, 0.6) is 0 Å². The van der Waals surface area contributed by atoms with Crippen LogP contribution in [0, 0.1) is 0 Å². The predicted molar refractivity (Wildman–Crippen MR) is 79.4 cm³/mol. The highest BCUT2D eigenvalue weighted by Gasteiger charge is 2.09. The molecule has 96 valence electrons. The number of hydrogen-bond donors (Lipinski definition) is 0. The maximum atomic E-state index is 5.46. The average molecular weight is 251 g/mol. The Bertz CT molecular complexity index is 653. The summed E-state index contributed by atoms with van der Waals surface area (Å²) in [6, 6.07) is 18.9. The topological polar surface area (TPSA) is 16.4 Å². The minimum atomic E-state index is 0.803. The first-order valence-corrected chi connectivity index (χ1v) is 6.63. The molecule has 0 radical (unpaired) electrons. The van der Waals surface area contributed by atoms with E-state index < -0.39 is 0 Å². The number of benzene rings is 2. The van der Waals surface area contributed by atoms with Gasteiger partial charge in [-0.3, -0.25) is 0 Å². The molecule has 3 rings (SSSR count). The maximum absolute atomic E-state index is 5.46. The Morgan fingerprint density at radius 1 is 0.947 bits per heavy atom. The van der Waals surface area contributed by atoms with Gasteiger partial charge in [0.15, 0.2) is 0 Å². The van der Waals surface area contributed by atoms with Gasteiger partial charge in [-0.05, 0) is 30.5 Å². The van der Waals surface area contributed by atoms with Gasteiger partial charge in [-0.15, -0.1) is 0 Å². The number of fused-ring (bicyclic) bond motifs is 1. The smallest absolute Gasteiger partial charge is 0.123 e. The Labute approximate surface area is 113 Å². The average Bonchev–Trinajstić information content (AvgIpc) is 2.97. The lowest BCUT2D eigenvalue weighted by atomic mass is 10.1. The molecule has 1 aromatic heterocycles. The second-order valence-electron chi connectivity index (χ2n) is 4.59. The van der Waals surface area contributed by atoms with Crippen molar-refractivity contribution in [2.24, 2.45) is 0 Å². The Balaban J connectivity index is 2.01. The van der Waals surface area contributed by atoms with Gasteiger partial charge in [0.25, 0.3) is 0 Å². The fourth-order valence-electron chi connectivity index (χ4n) is 2.44. The molecule has 2 aromatic carbocycles. The SMILES string of the molecule is CCN(Cc1ccco1)c1cccc2ccccc12. The molecule has 1 heterocycles. The molecule has 2 nitrogen and oxygen atoms in total. The van der Waals surface area contributed by atoms with Crippen molar-refractivity contribution in [3.63, 3.8) is 0 Å². The monoisotopic (exact) mass is 251 g/mol. The van der Waals surface area contributed by atoms with Crippen molar-refractivity contribution >= 4 is 16.5 Å². The highest BCUT2D eigenvalue weighted by atomic mass is 16.3. The fourth-order valence-corrected chi connectivity index (χ4v) is 2.44. The Kier molecular flexibility index (Phi) is 3.23. The molecule has 2 heteroatoms. The van der Waals surface area contributed by atoms with E-state index in [2.05, 4.69) is 54.3 Å². The van der Waals surface area contributed by atoms with Gasteiger partial charge in [0.2, 0.25) is 0 Å². The van der Waals surface area contributed by atoms with Crippen LogP contribution in [0.25, 0.3) is 10.8 Å². The summed E-state index contributed by atoms with van der Waals surface area (Å²) >= 11 is 0. The molecule has 0 aliphatic carbocycles. The van der Waals surface area contributed by atoms with Gasteiger partial charge in [-0.1, -0.05) is 36.4 Å². The standard InChI is InChI=1S/C17H17NO/c1-2-18(13-15-9-6-12-19-15)17-11-5-8-14-7-3-4-10-16(14)17/h3-12H,2,13H2,1H3. The maximum Gasteiger partial charge on any atom is 0.123 e. The van der Waals surface area contributed by atoms with Crippen molar-refractivity contribution in [2.75, 3.05) is 11.4 Å². The zero-order valence-electron chi connectivity index (χ0n) is 11.0. The van der Waals surface area contributed by atoms with Gasteiger partial charge >= 0.3 is 0 Å². The Morgan fingerprint density at radius 2 is 1.79 bits per heavy atom. The van der Waals surface area contributed by atoms with Gasteiger partial charge in [0.1, 0.15) is 5.76 Å². The number of furan rings is 1. The summed E-state index contributed by atoms with van der Waals surface area (Å²) in [4.78, 5) is 2.33. The number of anilines is 1. The van der Waals surface area contributed by atoms with Gasteiger partial charge in [0.05, 0.1) is 12.8 Å². The summed E-state index contributed by atoms with van der Waals surface area (Å²) in [6.45, 7) is 3.93. The first-order valence-electron chi connectivity index (χ1n) is 6.63. The summed E-state index contributed by atoms with van der Waals surface area (Å²) in [6.07, 6.45) is 1.73. The number of nitrogens with zero attached hydrogens (tertiary/aromatic N) is 1. The third-order valence-corrected chi connectivity index (χ3v) is 3.42. The molecule has 0 fully saturated rings. The van der Waals surface area contributed by atoms with Crippen LogP contribution < -0.4 is 4.90 Å². The molecule has 0 unspecified atom stereocenters. The normalized spacial score (nSPS) is 10.8. The largest absolute Gasteiger partial charge is 0.467 e. The molecule has 0 saturated carbocycles. The van der Waals surface area contributed by atoms with Crippen LogP contribution in [0.4, 0.5) is 5.69 Å². The highest BCUT2D eigenvalue weighted by molar-refractivity contribution is 5.94. The molecule has 0 N–H and O–H groups in total. The van der Waals surface area contributed by atoms with E-state index in [0.29, 0.717) is 0 Å². The predicted octanol–water partition coefficient (Wildman–Crippen LogP) is 4.46. The van der Waals surface area contributed by atoms with Crippen molar-refractivity contribution in [2.45, 2.75) is 13.5 Å². The van der Waals surface area contributed by atoms with Gasteiger partial charge in [0, 0.05) is 17.6 Å². The summed E-state index contributed by atoms with van der Waals surface area (Å²) in [7, 11) is 0. The molecule has 3 aromatic rings. The molecule has 0 saturated heterocycles. The van der Waals surface area contributed by atoms with E-state index in [-0.39, 0.29) is 0 Å². The van der Waals surface area contributed by atoms with Crippen LogP contribution in [0.2, 0.25) is 0 Å². The van der Waals surface area contributed by atoms with Gasteiger partial charge in [-0.25, -0.2) is 0 Å². The zero-order valence-corrected chi connectivity index (χ0v) is 11.0. The van der Waals surface area contributed by atoms with E-state index in [1.54, 1.807) is 6.26 Å². The van der Waals surface area contributed by atoms with Crippen LogP contribution in [0.1, 0.15) is 12.7 Å². The van der Waals surface area contributed by atoms with E-state index in [9.17, 15) is 0 Å². The molecule has 0 aliphatic rings. The molecule has 0 bridgehead atoms. The lowest BCUT2D eigenvalue weighted by Crippen LogP contribution is -2.21. The zero-order chi connectivity index (χ0) is 13.1. The lowest BCUT2D eigenvalue weighted by Gasteiger charge is -2.23.